The number of nitrogens with one attached hydrogen (secondary N) is 1. The van der Waals surface area contributed by atoms with E-state index in [0.29, 0.717) is 33.7 Å². The van der Waals surface area contributed by atoms with Crippen LogP contribution in [0.1, 0.15) is 44.7 Å². The van der Waals surface area contributed by atoms with E-state index in [-0.39, 0.29) is 11.5 Å². The summed E-state index contributed by atoms with van der Waals surface area (Å²) in [6.07, 6.45) is 4.58. The highest BCUT2D eigenvalue weighted by atomic mass is 35.5. The molecule has 2 N–H and O–H groups in total. The van der Waals surface area contributed by atoms with Crippen molar-refractivity contribution < 1.29 is 19.1 Å². The summed E-state index contributed by atoms with van der Waals surface area (Å²) in [5, 5.41) is 18.3. The monoisotopic (exact) mass is 486 g/mol. The lowest BCUT2D eigenvalue weighted by atomic mass is 10.0. The Kier molecular flexibility index (Phi) is 4.86. The fourth-order valence-electron chi connectivity index (χ4n) is 4.53. The van der Waals surface area contributed by atoms with Gasteiger partial charge in [-0.1, -0.05) is 35.9 Å². The predicted molar refractivity (Wildman–Crippen MR) is 130 cm³/mol. The van der Waals surface area contributed by atoms with Crippen LogP contribution in [-0.2, 0) is 12.1 Å². The number of hydrogen-bond donors (Lipinski definition) is 2. The van der Waals surface area contributed by atoms with Crippen LogP contribution in [0.3, 0.4) is 0 Å². The smallest absolute Gasteiger partial charge is 0.335 e. The van der Waals surface area contributed by atoms with E-state index in [1.54, 1.807) is 41.2 Å². The molecule has 9 heteroatoms. The number of carboxylic acids is 1. The van der Waals surface area contributed by atoms with E-state index in [4.69, 9.17) is 16.0 Å². The van der Waals surface area contributed by atoms with Gasteiger partial charge >= 0.3 is 5.97 Å². The Hall–Kier alpha value is -4.17. The second-order valence-corrected chi connectivity index (χ2v) is 9.17. The molecule has 8 nitrogen and oxygen atoms in total. The molecule has 0 atom stereocenters. The molecule has 2 aromatic heterocycles. The number of nitrogens with zero attached hydrogens (tertiary/aromatic N) is 3. The third kappa shape index (κ3) is 3.72. The number of halogens is 1. The Morgan fingerprint density at radius 3 is 2.66 bits per heavy atom. The van der Waals surface area contributed by atoms with Crippen LogP contribution in [0.25, 0.3) is 22.0 Å². The summed E-state index contributed by atoms with van der Waals surface area (Å²) in [5.74, 6) is -1.25. The molecular formula is C26H19ClN4O4. The molecular weight excluding hydrogens is 468 g/mol. The number of fused-ring (bicyclic) bond motifs is 3. The van der Waals surface area contributed by atoms with E-state index in [2.05, 4.69) is 15.4 Å². The quantitative estimate of drug-likeness (QED) is 0.349. The van der Waals surface area contributed by atoms with Gasteiger partial charge in [0.05, 0.1) is 40.3 Å². The van der Waals surface area contributed by atoms with Crippen molar-refractivity contribution in [2.75, 3.05) is 0 Å². The maximum atomic E-state index is 13.7. The van der Waals surface area contributed by atoms with Crippen molar-refractivity contribution in [2.24, 2.45) is 0 Å². The lowest BCUT2D eigenvalue weighted by Gasteiger charge is -2.19. The highest BCUT2D eigenvalue weighted by molar-refractivity contribution is 6.30. The van der Waals surface area contributed by atoms with Crippen LogP contribution in [-0.4, -0.2) is 31.7 Å². The SMILES string of the molecule is O=C(O)c1ccc(C2(NC(=O)c3cc4ocnc4c4cnn(Cc5cccc(Cl)c5)c34)CC2)cc1. The fraction of sp³-hybridized carbons (Fsp3) is 0.154. The van der Waals surface area contributed by atoms with Gasteiger partial charge < -0.3 is 14.8 Å². The first-order valence-electron chi connectivity index (χ1n) is 11.1. The van der Waals surface area contributed by atoms with Crippen LogP contribution in [0.2, 0.25) is 5.02 Å². The van der Waals surface area contributed by atoms with Gasteiger partial charge in [-0.05, 0) is 54.3 Å². The third-order valence-corrected chi connectivity index (χ3v) is 6.71. The summed E-state index contributed by atoms with van der Waals surface area (Å²) >= 11 is 6.16. The number of aromatic nitrogens is 3. The normalized spacial score (nSPS) is 14.3. The zero-order valence-corrected chi connectivity index (χ0v) is 19.1. The first-order valence-corrected chi connectivity index (χ1v) is 11.4. The molecule has 5 aromatic rings. The Morgan fingerprint density at radius 2 is 1.94 bits per heavy atom. The molecule has 0 unspecified atom stereocenters. The first kappa shape index (κ1) is 21.4. The van der Waals surface area contributed by atoms with Crippen LogP contribution in [0.4, 0.5) is 0 Å². The predicted octanol–water partition coefficient (Wildman–Crippen LogP) is 5.00. The Bertz CT molecular complexity index is 1620. The van der Waals surface area contributed by atoms with Crippen LogP contribution < -0.4 is 5.32 Å². The topological polar surface area (TPSA) is 110 Å². The summed E-state index contributed by atoms with van der Waals surface area (Å²) in [7, 11) is 0. The minimum Gasteiger partial charge on any atom is -0.478 e. The van der Waals surface area contributed by atoms with E-state index >= 15 is 0 Å². The number of aromatic carboxylic acids is 1. The van der Waals surface area contributed by atoms with E-state index in [0.717, 1.165) is 29.4 Å². The van der Waals surface area contributed by atoms with Gasteiger partial charge in [-0.3, -0.25) is 9.48 Å². The lowest BCUT2D eigenvalue weighted by Crippen LogP contribution is -2.35. The van der Waals surface area contributed by atoms with E-state index < -0.39 is 11.5 Å². The summed E-state index contributed by atoms with van der Waals surface area (Å²) < 4.78 is 7.29. The third-order valence-electron chi connectivity index (χ3n) is 6.47. The number of carbonyl (C=O) groups is 2. The average molecular weight is 487 g/mol. The van der Waals surface area contributed by atoms with Crippen molar-refractivity contribution in [1.29, 1.82) is 0 Å². The first-order chi connectivity index (χ1) is 16.9. The molecule has 0 spiro atoms. The molecule has 1 saturated carbocycles. The van der Waals surface area contributed by atoms with Crippen molar-refractivity contribution in [1.82, 2.24) is 20.1 Å². The van der Waals surface area contributed by atoms with Gasteiger partial charge in [0.15, 0.2) is 12.0 Å². The number of benzene rings is 3. The molecule has 1 aliphatic carbocycles. The van der Waals surface area contributed by atoms with Gasteiger partial charge in [0.2, 0.25) is 0 Å². The molecule has 2 heterocycles. The van der Waals surface area contributed by atoms with Gasteiger partial charge in [0.1, 0.15) is 5.52 Å². The van der Waals surface area contributed by atoms with E-state index in [1.165, 1.54) is 6.39 Å². The van der Waals surface area contributed by atoms with Crippen molar-refractivity contribution >= 4 is 45.5 Å². The second kappa shape index (κ2) is 7.95. The summed E-state index contributed by atoms with van der Waals surface area (Å²) in [4.78, 5) is 29.2. The van der Waals surface area contributed by atoms with Gasteiger partial charge in [-0.2, -0.15) is 5.10 Å². The number of oxazole rings is 1. The maximum absolute atomic E-state index is 13.7. The largest absolute Gasteiger partial charge is 0.478 e. The van der Waals surface area contributed by atoms with Gasteiger partial charge in [0, 0.05) is 5.02 Å². The minimum absolute atomic E-state index is 0.207. The molecule has 0 aliphatic heterocycles. The fourth-order valence-corrected chi connectivity index (χ4v) is 4.74. The molecule has 1 amide bonds. The average Bonchev–Trinajstić information content (AvgIpc) is 3.26. The van der Waals surface area contributed by atoms with Crippen molar-refractivity contribution in [3.8, 4) is 0 Å². The van der Waals surface area contributed by atoms with Crippen LogP contribution in [0, 0.1) is 0 Å². The van der Waals surface area contributed by atoms with Gasteiger partial charge in [-0.15, -0.1) is 0 Å². The molecule has 3 aromatic carbocycles. The Balaban J connectivity index is 1.40. The zero-order chi connectivity index (χ0) is 24.2. The second-order valence-electron chi connectivity index (χ2n) is 8.74. The molecule has 1 aliphatic rings. The number of rotatable bonds is 6. The summed E-state index contributed by atoms with van der Waals surface area (Å²) in [5.41, 5.74) is 3.72. The molecule has 1 fully saturated rings. The van der Waals surface area contributed by atoms with Crippen molar-refractivity contribution in [3.05, 3.63) is 94.5 Å². The van der Waals surface area contributed by atoms with Crippen molar-refractivity contribution in [3.63, 3.8) is 0 Å². The number of carboxylic acid groups (broad SMARTS) is 1. The number of hydrogen-bond acceptors (Lipinski definition) is 5. The highest BCUT2D eigenvalue weighted by Crippen LogP contribution is 2.46. The zero-order valence-electron chi connectivity index (χ0n) is 18.4. The van der Waals surface area contributed by atoms with Crippen LogP contribution in [0.15, 0.2) is 71.6 Å². The maximum Gasteiger partial charge on any atom is 0.335 e. The van der Waals surface area contributed by atoms with Gasteiger partial charge in [0.25, 0.3) is 5.91 Å². The molecule has 35 heavy (non-hydrogen) atoms. The molecule has 0 saturated heterocycles. The highest BCUT2D eigenvalue weighted by Gasteiger charge is 2.46. The number of amides is 1. The van der Waals surface area contributed by atoms with Crippen molar-refractivity contribution in [2.45, 2.75) is 24.9 Å². The van der Waals surface area contributed by atoms with E-state index in [9.17, 15) is 14.7 Å². The minimum atomic E-state index is -0.985. The van der Waals surface area contributed by atoms with E-state index in [1.807, 2.05) is 24.3 Å². The Labute approximate surface area is 204 Å². The lowest BCUT2D eigenvalue weighted by molar-refractivity contribution is 0.0696. The van der Waals surface area contributed by atoms with Crippen LogP contribution >= 0.6 is 11.6 Å². The summed E-state index contributed by atoms with van der Waals surface area (Å²) in [6, 6.07) is 15.8. The molecule has 174 valence electrons. The Morgan fingerprint density at radius 1 is 1.14 bits per heavy atom. The number of carbonyl (C=O) groups excluding carboxylic acids is 1. The van der Waals surface area contributed by atoms with Gasteiger partial charge in [-0.25, -0.2) is 9.78 Å². The molecule has 0 bridgehead atoms. The standard InChI is InChI=1S/C26H19ClN4O4/c27-18-3-1-2-15(10-18)13-31-23-19(11-21-22(28-14-35-21)20(23)12-29-31)24(32)30-26(8-9-26)17-6-4-16(5-7-17)25(33)34/h1-7,10-12,14H,8-9,13H2,(H,30,32)(H,33,34). The molecule has 0 radical (unpaired) electrons. The summed E-state index contributed by atoms with van der Waals surface area (Å²) in [6.45, 7) is 0.426. The molecule has 6 rings (SSSR count). The van der Waals surface area contributed by atoms with Crippen LogP contribution in [0.5, 0.6) is 0 Å².